The van der Waals surface area contributed by atoms with E-state index in [9.17, 15) is 34.8 Å². The van der Waals surface area contributed by atoms with Gasteiger partial charge in [-0.1, -0.05) is 176 Å². The quantitative estimate of drug-likeness (QED) is 0.00387. The van der Waals surface area contributed by atoms with E-state index in [4.69, 9.17) is 193 Å². The monoisotopic (exact) mass is 2680 g/mol. The van der Waals surface area contributed by atoms with Crippen molar-refractivity contribution in [2.45, 2.75) is 6.10 Å². The number of alkyl halides is 1. The maximum Gasteiger partial charge on any atom is 2.00 e. The summed E-state index contributed by atoms with van der Waals surface area (Å²) >= 11 is 83.7. The second-order valence-corrected chi connectivity index (χ2v) is 37.9. The maximum atomic E-state index is 12.9. The number of rotatable bonds is 26. The number of phenolic OH excluding ortho intramolecular Hbond substituents is 3. The van der Waals surface area contributed by atoms with Crippen LogP contribution in [0.4, 0.5) is 34.1 Å². The molecule has 0 aliphatic carbocycles. The van der Waals surface area contributed by atoms with Crippen LogP contribution < -0.4 is 89.8 Å². The molecule has 6 saturated heterocycles. The standard InChI is InChI=1S/C21H26Cl2N2O4.C21H24Cl2N2O4.C18H18Cl2N2O4.C11H13Cl3N2.C11H13Cl2N2.C10H12Cl2N2.C10H12O4.ClH.I2.HI.Mg.H2O/c2*1-27-18-11-14(12-19(28-2)21(18)29-3)17(26)13-24-7-9-25(10-8-24)16-6-4-5-15(22)20(16)23;19-12-2-1-3-13(17(12)20)22-6-4-21(5-7-22)10-16(25)11-8-14(23)18(26)15(24)9-11;12-8-15-4-6-16(7-5-15)10-3-1-2-9(13)11(10)14;1-14-5-7-15(8-6-14)10-4-2-3-9(12)11(10)13;11-8-2-1-3-9(10(8)12)14-6-4-13-5-7-14;1-12-8-4-7(6-11)5-9(13-2)10(8)14-3;;1-2;;;/h4-6,11-12,17,26H,7-10,13H2,1-3H3;4-6,11-12H,7-10,13H2,1-3H3;1-3,8-9,23-24,26H,4-7,10H2;1-3H,4-8H2;2-4H,1,5-8H2;1-3,13H,4-7H2;4-6H,1-3H3;1H;;1H;;1H2/q;;;;-1;;;;;;+2;. The van der Waals surface area contributed by atoms with E-state index < -0.39 is 23.4 Å². The van der Waals surface area contributed by atoms with Gasteiger partial charge in [0.15, 0.2) is 63.3 Å². The molecule has 0 saturated carbocycles. The third kappa shape index (κ3) is 38.3. The Bertz CT molecular complexity index is 5770. The van der Waals surface area contributed by atoms with Crippen LogP contribution in [0.3, 0.4) is 0 Å². The molecule has 10 aromatic carbocycles. The Balaban J connectivity index is 0.000000309. The molecule has 1 atom stereocenters. The first-order valence-electron chi connectivity index (χ1n) is 45.6. The molecule has 16 rings (SSSR count). The Morgan fingerprint density at radius 2 is 0.611 bits per heavy atom. The molecule has 0 aromatic heterocycles. The molecule has 149 heavy (non-hydrogen) atoms. The number of ether oxygens (including phenoxy) is 9. The number of nitrogens with zero attached hydrogens (tertiary/aromatic N) is 11. The topological polar surface area (TPSA) is 296 Å². The van der Waals surface area contributed by atoms with Crippen LogP contribution >= 0.6 is 212 Å². The zero-order valence-corrected chi connectivity index (χ0v) is 102. The second-order valence-electron chi connectivity index (χ2n) is 33.0. The molecular weight excluding hydrogens is 2570 g/mol. The van der Waals surface area contributed by atoms with Crippen LogP contribution in [-0.4, -0.2) is 333 Å². The predicted molar refractivity (Wildman–Crippen MR) is 636 cm³/mol. The minimum Gasteiger partial charge on any atom is -1.00 e. The van der Waals surface area contributed by atoms with E-state index in [-0.39, 0.29) is 88.6 Å². The summed E-state index contributed by atoms with van der Waals surface area (Å²) in [6, 6.07) is 47.1. The Labute approximate surface area is 999 Å². The number of β-amino-alcohol motifs (C(OH)–C–C–N with tert-alkyl or cyclic N) is 1. The molecule has 1 unspecified atom stereocenters. The van der Waals surface area contributed by atoms with E-state index >= 15 is 0 Å². The van der Waals surface area contributed by atoms with Gasteiger partial charge in [-0.2, -0.15) is 0 Å². The van der Waals surface area contributed by atoms with Gasteiger partial charge < -0.3 is 121 Å². The number of phenols is 3. The van der Waals surface area contributed by atoms with Crippen LogP contribution in [0.25, 0.3) is 0 Å². The molecule has 0 amide bonds. The van der Waals surface area contributed by atoms with Crippen molar-refractivity contribution in [2.24, 2.45) is 0 Å². The predicted octanol–water partition coefficient (Wildman–Crippen LogP) is 19.3. The molecule has 29 nitrogen and oxygen atoms in total. The van der Waals surface area contributed by atoms with Crippen LogP contribution in [-0.2, 0) is 5.48 Å². The van der Waals surface area contributed by atoms with Gasteiger partial charge in [0, 0.05) is 204 Å². The summed E-state index contributed by atoms with van der Waals surface area (Å²) in [5, 5.41) is 49.6. The molecule has 0 bridgehead atoms. The molecular formula is C102H122Cl14I3MgN12O17+. The number of aliphatic hydroxyl groups excluding tert-OH is 1. The van der Waals surface area contributed by atoms with Crippen LogP contribution in [0.2, 0.25) is 60.3 Å². The molecule has 0 spiro atoms. The number of piperazine rings is 6. The Morgan fingerprint density at radius 3 is 0.872 bits per heavy atom. The molecule has 6 fully saturated rings. The second kappa shape index (κ2) is 68.7. The molecule has 10 aromatic rings. The summed E-state index contributed by atoms with van der Waals surface area (Å²) < 4.78 is 47.3. The number of aldehydes is 1. The number of hydrogen-bond donors (Lipinski definition) is 5. The van der Waals surface area contributed by atoms with Gasteiger partial charge in [-0.3, -0.25) is 41.0 Å². The number of nitrogens with one attached hydrogen (secondary N) is 1. The van der Waals surface area contributed by atoms with Gasteiger partial charge in [-0.25, -0.2) is 0 Å². The fraction of sp³-hybridized carbons (Fsp3) is 0.373. The van der Waals surface area contributed by atoms with Crippen LogP contribution in [0.15, 0.2) is 158 Å². The fourth-order valence-electron chi connectivity index (χ4n) is 16.3. The van der Waals surface area contributed by atoms with Gasteiger partial charge in [0.25, 0.3) is 0 Å². The number of methoxy groups -OCH3 is 9. The summed E-state index contributed by atoms with van der Waals surface area (Å²) in [4.78, 5) is 59.7. The van der Waals surface area contributed by atoms with Gasteiger partial charge in [0.05, 0.1) is 184 Å². The number of aliphatic hydroxyl groups is 1. The van der Waals surface area contributed by atoms with Crippen molar-refractivity contribution < 1.29 is 95.3 Å². The first-order valence-corrected chi connectivity index (χ1v) is 57.0. The van der Waals surface area contributed by atoms with Crippen molar-refractivity contribution in [3.63, 3.8) is 0 Å². The number of anilines is 6. The first kappa shape index (κ1) is 134. The van der Waals surface area contributed by atoms with Gasteiger partial charge in [-0.05, 0) is 140 Å². The van der Waals surface area contributed by atoms with E-state index in [1.54, 1.807) is 75.9 Å². The van der Waals surface area contributed by atoms with E-state index in [0.717, 1.165) is 189 Å². The van der Waals surface area contributed by atoms with E-state index in [1.165, 1.54) is 42.7 Å². The molecule has 6 aliphatic heterocycles. The third-order valence-electron chi connectivity index (χ3n) is 24.2. The van der Waals surface area contributed by atoms with Gasteiger partial charge in [0.1, 0.15) is 6.29 Å². The number of carbonyl (C=O) groups excluding carboxylic acids is 3. The average molecular weight is 2690 g/mol. The summed E-state index contributed by atoms with van der Waals surface area (Å²) in [5.41, 5.74) is 7.72. The number of aromatic hydroxyl groups is 3. The minimum atomic E-state index is -0.676. The zero-order valence-electron chi connectivity index (χ0n) is 83.5. The fourth-order valence-corrected chi connectivity index (χ4v) is 19.0. The van der Waals surface area contributed by atoms with Crippen LogP contribution in [0.5, 0.6) is 69.0 Å². The van der Waals surface area contributed by atoms with Crippen LogP contribution in [0.1, 0.15) is 42.7 Å². The largest absolute Gasteiger partial charge is 2.00 e. The zero-order chi connectivity index (χ0) is 106. The number of carbonyl (C=O) groups is 3. The van der Waals surface area contributed by atoms with Crippen molar-refractivity contribution in [3.8, 4) is 69.0 Å². The number of ketones is 2. The molecule has 0 radical (unpaired) electrons. The average Bonchev–Trinajstić information content (AvgIpc) is 0.805. The molecule has 8 N–H and O–H groups in total. The van der Waals surface area contributed by atoms with Crippen molar-refractivity contribution in [1.82, 2.24) is 29.8 Å². The van der Waals surface area contributed by atoms with Crippen molar-refractivity contribution in [3.05, 3.63) is 247 Å². The minimum absolute atomic E-state index is 0. The normalized spacial score (nSPS) is 14.9. The molecule has 47 heteroatoms. The van der Waals surface area contributed by atoms with E-state index in [1.807, 2.05) is 95.9 Å². The number of benzene rings is 10. The van der Waals surface area contributed by atoms with Gasteiger partial charge >= 0.3 is 23.1 Å². The summed E-state index contributed by atoms with van der Waals surface area (Å²) in [5.74, 6) is 2.51. The van der Waals surface area contributed by atoms with Gasteiger partial charge in [-0.15, -0.1) is 35.6 Å². The summed E-state index contributed by atoms with van der Waals surface area (Å²) in [7, 11) is 17.7. The van der Waals surface area contributed by atoms with Crippen molar-refractivity contribution >= 4 is 287 Å². The summed E-state index contributed by atoms with van der Waals surface area (Å²) in [6.07, 6.45) is 0.0508. The Kier molecular flexibility index (Phi) is 61.7. The molecule has 812 valence electrons. The smallest absolute Gasteiger partial charge is 1.00 e. The SMILES string of the molecule is COc1cc(C(=O)CN2CCN(c3cccc(Cl)c3Cl)CC2)cc(OC)c1OC.COc1cc(C(O)CN2CCN(c3cccc(Cl)c3Cl)CC2)cc(OC)c1OC.COc1cc(C=O)cc(OC)c1OC.ClCN1CCN(c2cccc(Cl)c2Cl)CC1.Clc1cccc(N2CCNCC2)c1Cl.I.II.O=C(CN1CCN(c2cccc(Cl)c2Cl)CC1)c1cc(O)c(O)c(O)c1.[CH2-]N1CCN(c2cccc(Cl)c2Cl)CC1.[Cl-].[Mg+2].[OH3+]. The molecule has 6 heterocycles. The number of halogens is 17. The van der Waals surface area contributed by atoms with Crippen LogP contribution in [0, 0.1) is 7.05 Å². The van der Waals surface area contributed by atoms with Crippen molar-refractivity contribution in [2.75, 3.05) is 276 Å². The summed E-state index contributed by atoms with van der Waals surface area (Å²) in [6.45, 7) is 21.5. The maximum absolute atomic E-state index is 12.9. The van der Waals surface area contributed by atoms with E-state index in [0.29, 0.717) is 168 Å². The first-order chi connectivity index (χ1) is 69.8. The van der Waals surface area contributed by atoms with E-state index in [2.05, 4.69) is 98.6 Å². The third-order valence-corrected chi connectivity index (χ3v) is 29.4. The van der Waals surface area contributed by atoms with Gasteiger partial charge in [0.2, 0.25) is 17.2 Å². The Morgan fingerprint density at radius 1 is 0.369 bits per heavy atom. The molecule has 6 aliphatic rings. The Hall–Kier alpha value is -5.69. The number of hydrogen-bond acceptors (Lipinski definition) is 28. The van der Waals surface area contributed by atoms with Crippen molar-refractivity contribution in [1.29, 1.82) is 0 Å². The number of Topliss-reactive ketones (excluding diaryl/α,β-unsaturated/α-hetero) is 2.